The number of aromatic nitrogens is 2. The molecular weight excluding hydrogens is 330 g/mol. The predicted octanol–water partition coefficient (Wildman–Crippen LogP) is 2.13. The normalized spacial score (nSPS) is 16.4. The molecule has 8 heteroatoms. The number of methoxy groups -OCH3 is 1. The molecule has 0 fully saturated rings. The van der Waals surface area contributed by atoms with Crippen molar-refractivity contribution in [2.24, 2.45) is 5.92 Å². The lowest BCUT2D eigenvalue weighted by molar-refractivity contribution is -0.114. The Kier molecular flexibility index (Phi) is 4.39. The smallest absolute Gasteiger partial charge is 0.223 e. The van der Waals surface area contributed by atoms with Gasteiger partial charge in [0.1, 0.15) is 0 Å². The molecule has 0 saturated carbocycles. The maximum atomic E-state index is 12.6. The molecule has 124 valence electrons. The maximum Gasteiger partial charge on any atom is 0.223 e. The molecule has 1 amide bonds. The van der Waals surface area contributed by atoms with Crippen LogP contribution in [0.25, 0.3) is 0 Å². The van der Waals surface area contributed by atoms with Crippen LogP contribution >= 0.6 is 11.3 Å². The van der Waals surface area contributed by atoms with Crippen molar-refractivity contribution in [3.63, 3.8) is 0 Å². The number of Topliss-reactive ketones (excluding diaryl/α,β-unsaturated/α-hetero) is 2. The van der Waals surface area contributed by atoms with Crippen molar-refractivity contribution < 1.29 is 19.1 Å². The fourth-order valence-corrected chi connectivity index (χ4v) is 3.64. The summed E-state index contributed by atoms with van der Waals surface area (Å²) in [6.45, 7) is 1.38. The number of amides is 1. The zero-order valence-corrected chi connectivity index (χ0v) is 14.0. The zero-order valence-electron chi connectivity index (χ0n) is 13.2. The van der Waals surface area contributed by atoms with Gasteiger partial charge >= 0.3 is 0 Å². The second-order valence-corrected chi connectivity index (χ2v) is 6.38. The van der Waals surface area contributed by atoms with E-state index in [9.17, 15) is 14.4 Å². The predicted molar refractivity (Wildman–Crippen MR) is 87.7 cm³/mol. The van der Waals surface area contributed by atoms with Gasteiger partial charge in [0.2, 0.25) is 11.8 Å². The number of carbonyl (C=O) groups excluding carboxylic acids is 3. The molecule has 0 saturated heterocycles. The largest absolute Gasteiger partial charge is 0.481 e. The van der Waals surface area contributed by atoms with Crippen LogP contribution in [0.2, 0.25) is 0 Å². The summed E-state index contributed by atoms with van der Waals surface area (Å²) in [4.78, 5) is 45.1. The lowest BCUT2D eigenvalue weighted by Gasteiger charge is -2.18. The van der Waals surface area contributed by atoms with E-state index < -0.39 is 5.92 Å². The van der Waals surface area contributed by atoms with Crippen LogP contribution in [0, 0.1) is 5.92 Å². The van der Waals surface area contributed by atoms with E-state index in [1.54, 1.807) is 12.1 Å². The molecule has 1 aliphatic carbocycles. The number of hydrogen-bond acceptors (Lipinski definition) is 7. The van der Waals surface area contributed by atoms with Crippen molar-refractivity contribution in [3.05, 3.63) is 34.5 Å². The molecule has 3 rings (SSSR count). The third kappa shape index (κ3) is 3.05. The van der Waals surface area contributed by atoms with Crippen LogP contribution in [-0.4, -0.2) is 34.6 Å². The molecule has 1 unspecified atom stereocenters. The van der Waals surface area contributed by atoms with Crippen molar-refractivity contribution in [1.82, 2.24) is 9.97 Å². The number of ketones is 2. The molecule has 24 heavy (non-hydrogen) atoms. The van der Waals surface area contributed by atoms with Crippen molar-refractivity contribution in [1.29, 1.82) is 0 Å². The molecule has 0 radical (unpaired) electrons. The molecule has 7 nitrogen and oxygen atoms in total. The van der Waals surface area contributed by atoms with E-state index in [0.29, 0.717) is 40.0 Å². The standard InChI is InChI=1S/C16H15N3O4S/c1-8(20)18-16-19-11-5-4-10(14(22)15(11)24-16)13(21)9-3-6-12(23-2)17-7-9/h3,6-7,10H,4-5H2,1-2H3,(H,18,19,20). The van der Waals surface area contributed by atoms with Gasteiger partial charge in [0.15, 0.2) is 16.7 Å². The molecule has 2 aromatic heterocycles. The highest BCUT2D eigenvalue weighted by molar-refractivity contribution is 7.17. The first kappa shape index (κ1) is 16.3. The second-order valence-electron chi connectivity index (χ2n) is 5.39. The van der Waals surface area contributed by atoms with Crippen LogP contribution in [0.4, 0.5) is 5.13 Å². The highest BCUT2D eigenvalue weighted by atomic mass is 32.1. The highest BCUT2D eigenvalue weighted by Gasteiger charge is 2.36. The minimum Gasteiger partial charge on any atom is -0.481 e. The summed E-state index contributed by atoms with van der Waals surface area (Å²) in [5.74, 6) is -1.07. The van der Waals surface area contributed by atoms with Gasteiger partial charge in [0, 0.05) is 24.8 Å². The number of rotatable bonds is 4. The number of pyridine rings is 1. The van der Waals surface area contributed by atoms with Crippen LogP contribution in [0.15, 0.2) is 18.3 Å². The first-order chi connectivity index (χ1) is 11.5. The van der Waals surface area contributed by atoms with E-state index >= 15 is 0 Å². The summed E-state index contributed by atoms with van der Waals surface area (Å²) < 4.78 is 4.97. The Labute approximate surface area is 142 Å². The number of hydrogen-bond donors (Lipinski definition) is 1. The summed E-state index contributed by atoms with van der Waals surface area (Å²) in [6, 6.07) is 3.19. The van der Waals surface area contributed by atoms with Gasteiger partial charge in [-0.25, -0.2) is 9.97 Å². The molecule has 2 aromatic rings. The fraction of sp³-hybridized carbons (Fsp3) is 0.312. The summed E-state index contributed by atoms with van der Waals surface area (Å²) in [6.07, 6.45) is 2.34. The molecule has 2 heterocycles. The number of nitrogens with one attached hydrogen (secondary N) is 1. The molecular formula is C16H15N3O4S. The number of nitrogens with zero attached hydrogens (tertiary/aromatic N) is 2. The molecule has 1 atom stereocenters. The van der Waals surface area contributed by atoms with Gasteiger partial charge in [-0.2, -0.15) is 0 Å². The Hall–Kier alpha value is -2.61. The van der Waals surface area contributed by atoms with E-state index in [1.807, 2.05) is 0 Å². The molecule has 0 spiro atoms. The van der Waals surface area contributed by atoms with Crippen LogP contribution in [-0.2, 0) is 11.2 Å². The van der Waals surface area contributed by atoms with Crippen molar-refractivity contribution in [3.8, 4) is 5.88 Å². The Balaban J connectivity index is 1.83. The molecule has 1 aliphatic rings. The molecule has 1 N–H and O–H groups in total. The lowest BCUT2D eigenvalue weighted by atomic mass is 9.84. The summed E-state index contributed by atoms with van der Waals surface area (Å²) in [5, 5.41) is 2.97. The fourth-order valence-electron chi connectivity index (χ4n) is 2.59. The third-order valence-electron chi connectivity index (χ3n) is 3.74. The lowest BCUT2D eigenvalue weighted by Crippen LogP contribution is -2.28. The quantitative estimate of drug-likeness (QED) is 0.673. The average molecular weight is 345 g/mol. The Morgan fingerprint density at radius 3 is 2.79 bits per heavy atom. The number of anilines is 1. The van der Waals surface area contributed by atoms with Gasteiger partial charge < -0.3 is 10.1 Å². The van der Waals surface area contributed by atoms with Gasteiger partial charge in [-0.3, -0.25) is 14.4 Å². The van der Waals surface area contributed by atoms with E-state index in [1.165, 1.54) is 20.2 Å². The van der Waals surface area contributed by atoms with Crippen LogP contribution in [0.3, 0.4) is 0 Å². The monoisotopic (exact) mass is 345 g/mol. The van der Waals surface area contributed by atoms with Crippen molar-refractivity contribution >= 4 is 33.9 Å². The SMILES string of the molecule is COc1ccc(C(=O)C2CCc3nc(NC(C)=O)sc3C2=O)cn1. The van der Waals surface area contributed by atoms with Gasteiger partial charge in [0.25, 0.3) is 0 Å². The van der Waals surface area contributed by atoms with Crippen molar-refractivity contribution in [2.45, 2.75) is 19.8 Å². The van der Waals surface area contributed by atoms with E-state index in [4.69, 9.17) is 4.74 Å². The zero-order chi connectivity index (χ0) is 17.3. The van der Waals surface area contributed by atoms with Gasteiger partial charge in [0.05, 0.1) is 23.6 Å². The topological polar surface area (TPSA) is 98.2 Å². The maximum absolute atomic E-state index is 12.6. The minimum absolute atomic E-state index is 0.244. The molecule has 0 bridgehead atoms. The van der Waals surface area contributed by atoms with E-state index in [-0.39, 0.29) is 17.5 Å². The minimum atomic E-state index is -0.738. The van der Waals surface area contributed by atoms with Gasteiger partial charge in [-0.1, -0.05) is 11.3 Å². The van der Waals surface area contributed by atoms with Crippen LogP contribution < -0.4 is 10.1 Å². The number of aryl methyl sites for hydroxylation is 1. The highest BCUT2D eigenvalue weighted by Crippen LogP contribution is 2.33. The number of carbonyl (C=O) groups is 3. The second kappa shape index (κ2) is 6.48. The summed E-state index contributed by atoms with van der Waals surface area (Å²) in [5.41, 5.74) is 1.02. The average Bonchev–Trinajstić information content (AvgIpc) is 2.97. The first-order valence-corrected chi connectivity index (χ1v) is 8.17. The molecule has 0 aromatic carbocycles. The summed E-state index contributed by atoms with van der Waals surface area (Å²) >= 11 is 1.11. The Bertz CT molecular complexity index is 813. The van der Waals surface area contributed by atoms with Gasteiger partial charge in [-0.15, -0.1) is 0 Å². The molecule has 0 aliphatic heterocycles. The van der Waals surface area contributed by atoms with Crippen LogP contribution in [0.5, 0.6) is 5.88 Å². The Morgan fingerprint density at radius 2 is 2.17 bits per heavy atom. The third-order valence-corrected chi connectivity index (χ3v) is 4.76. The number of fused-ring (bicyclic) bond motifs is 1. The van der Waals surface area contributed by atoms with E-state index in [2.05, 4.69) is 15.3 Å². The van der Waals surface area contributed by atoms with E-state index in [0.717, 1.165) is 11.3 Å². The number of ether oxygens (including phenoxy) is 1. The van der Waals surface area contributed by atoms with Crippen molar-refractivity contribution in [2.75, 3.05) is 12.4 Å². The van der Waals surface area contributed by atoms with Gasteiger partial charge in [-0.05, 0) is 18.9 Å². The van der Waals surface area contributed by atoms with Crippen LogP contribution in [0.1, 0.15) is 39.1 Å². The first-order valence-electron chi connectivity index (χ1n) is 7.35. The Morgan fingerprint density at radius 1 is 1.38 bits per heavy atom. The number of thiazole rings is 1. The summed E-state index contributed by atoms with van der Waals surface area (Å²) in [7, 11) is 1.49.